The lowest BCUT2D eigenvalue weighted by molar-refractivity contribution is -0.126. The smallest absolute Gasteiger partial charge is 0.233 e. The van der Waals surface area contributed by atoms with Crippen molar-refractivity contribution in [3.8, 4) is 0 Å². The van der Waals surface area contributed by atoms with E-state index in [2.05, 4.69) is 10.6 Å². The zero-order valence-corrected chi connectivity index (χ0v) is 11.4. The van der Waals surface area contributed by atoms with E-state index in [0.29, 0.717) is 13.1 Å². The molecule has 0 aliphatic carbocycles. The Kier molecular flexibility index (Phi) is 6.05. The summed E-state index contributed by atoms with van der Waals surface area (Å²) in [4.78, 5) is 24.8. The average molecular weight is 285 g/mol. The van der Waals surface area contributed by atoms with Crippen molar-refractivity contribution in [3.63, 3.8) is 0 Å². The molecule has 0 aliphatic heterocycles. The molecule has 0 radical (unpaired) electrons. The molecule has 0 saturated carbocycles. The van der Waals surface area contributed by atoms with Crippen molar-refractivity contribution in [2.45, 2.75) is 6.42 Å². The molecule has 110 valence electrons. The number of carbonyl (C=O) groups excluding carboxylic acids is 2. The van der Waals surface area contributed by atoms with E-state index in [1.807, 2.05) is 19.0 Å². The Bertz CT molecular complexity index is 493. The summed E-state index contributed by atoms with van der Waals surface area (Å²) in [5.41, 5.74) is 0.106. The Balaban J connectivity index is 2.39. The lowest BCUT2D eigenvalue weighted by Gasteiger charge is -2.10. The van der Waals surface area contributed by atoms with Crippen molar-refractivity contribution in [2.75, 3.05) is 32.5 Å². The molecule has 0 fully saturated rings. The van der Waals surface area contributed by atoms with E-state index in [4.69, 9.17) is 0 Å². The molecule has 2 amide bonds. The molecule has 0 aromatic heterocycles. The maximum absolute atomic E-state index is 12.9. The molecule has 0 bridgehead atoms. The standard InChI is InChI=1S/C13H17F2N3O2/c1-18(2)6-5-16-12(19)8-13(20)17-9-3-4-10(14)11(15)7-9/h3-4,7H,5-6,8H2,1-2H3,(H,16,19)(H,17,20). The number of anilines is 1. The molecule has 1 aromatic rings. The second-order valence-electron chi connectivity index (χ2n) is 4.51. The van der Waals surface area contributed by atoms with Crippen LogP contribution in [0.2, 0.25) is 0 Å². The minimum absolute atomic E-state index is 0.106. The van der Waals surface area contributed by atoms with Gasteiger partial charge in [0.2, 0.25) is 11.8 Å². The van der Waals surface area contributed by atoms with Crippen LogP contribution in [0, 0.1) is 11.6 Å². The first-order chi connectivity index (χ1) is 9.38. The molecule has 1 rings (SSSR count). The Labute approximate surface area is 115 Å². The Morgan fingerprint density at radius 2 is 1.85 bits per heavy atom. The highest BCUT2D eigenvalue weighted by molar-refractivity contribution is 6.03. The maximum Gasteiger partial charge on any atom is 0.233 e. The summed E-state index contributed by atoms with van der Waals surface area (Å²) in [6, 6.07) is 2.99. The van der Waals surface area contributed by atoms with Gasteiger partial charge in [-0.05, 0) is 26.2 Å². The van der Waals surface area contributed by atoms with E-state index in [0.717, 1.165) is 12.1 Å². The van der Waals surface area contributed by atoms with Crippen molar-refractivity contribution in [1.82, 2.24) is 10.2 Å². The first kappa shape index (κ1) is 16.0. The van der Waals surface area contributed by atoms with Crippen LogP contribution in [-0.4, -0.2) is 43.9 Å². The second kappa shape index (κ2) is 7.54. The molecule has 0 spiro atoms. The zero-order valence-electron chi connectivity index (χ0n) is 11.4. The van der Waals surface area contributed by atoms with Crippen LogP contribution in [0.15, 0.2) is 18.2 Å². The highest BCUT2D eigenvalue weighted by atomic mass is 19.2. The van der Waals surface area contributed by atoms with E-state index in [1.165, 1.54) is 6.07 Å². The number of amides is 2. The lowest BCUT2D eigenvalue weighted by Crippen LogP contribution is -2.33. The molecule has 20 heavy (non-hydrogen) atoms. The Hall–Kier alpha value is -2.02. The molecule has 7 heteroatoms. The fourth-order valence-corrected chi connectivity index (χ4v) is 1.41. The summed E-state index contributed by atoms with van der Waals surface area (Å²) in [6.07, 6.45) is -0.369. The van der Waals surface area contributed by atoms with Crippen molar-refractivity contribution >= 4 is 17.5 Å². The number of rotatable bonds is 6. The zero-order chi connectivity index (χ0) is 15.1. The predicted octanol–water partition coefficient (Wildman–Crippen LogP) is 0.971. The summed E-state index contributed by atoms with van der Waals surface area (Å²) in [5, 5.41) is 4.90. The third kappa shape index (κ3) is 5.75. The van der Waals surface area contributed by atoms with Crippen molar-refractivity contribution in [2.24, 2.45) is 0 Å². The predicted molar refractivity (Wildman–Crippen MR) is 71.2 cm³/mol. The fourth-order valence-electron chi connectivity index (χ4n) is 1.41. The average Bonchev–Trinajstić information content (AvgIpc) is 2.33. The van der Waals surface area contributed by atoms with Gasteiger partial charge in [0, 0.05) is 24.8 Å². The van der Waals surface area contributed by atoms with Gasteiger partial charge in [0.15, 0.2) is 11.6 Å². The molecular weight excluding hydrogens is 268 g/mol. The van der Waals surface area contributed by atoms with Gasteiger partial charge in [0.25, 0.3) is 0 Å². The van der Waals surface area contributed by atoms with Gasteiger partial charge >= 0.3 is 0 Å². The van der Waals surface area contributed by atoms with Crippen LogP contribution in [0.1, 0.15) is 6.42 Å². The number of hydrogen-bond acceptors (Lipinski definition) is 3. The third-order valence-corrected chi connectivity index (χ3v) is 2.41. The van der Waals surface area contributed by atoms with Crippen molar-refractivity contribution < 1.29 is 18.4 Å². The monoisotopic (exact) mass is 285 g/mol. The fraction of sp³-hybridized carbons (Fsp3) is 0.385. The number of carbonyl (C=O) groups is 2. The minimum atomic E-state index is -1.06. The van der Waals surface area contributed by atoms with E-state index < -0.39 is 23.4 Å². The van der Waals surface area contributed by atoms with Crippen LogP contribution in [0.4, 0.5) is 14.5 Å². The van der Waals surface area contributed by atoms with Crippen LogP contribution < -0.4 is 10.6 Å². The summed E-state index contributed by atoms with van der Waals surface area (Å²) < 4.78 is 25.6. The number of benzene rings is 1. The minimum Gasteiger partial charge on any atom is -0.354 e. The Morgan fingerprint density at radius 3 is 2.45 bits per heavy atom. The van der Waals surface area contributed by atoms with Gasteiger partial charge in [-0.2, -0.15) is 0 Å². The number of likely N-dealkylation sites (N-methyl/N-ethyl adjacent to an activating group) is 1. The molecule has 0 atom stereocenters. The lowest BCUT2D eigenvalue weighted by atomic mass is 10.3. The summed E-state index contributed by atoms with van der Waals surface area (Å²) in [5.74, 6) is -3.06. The summed E-state index contributed by atoms with van der Waals surface area (Å²) >= 11 is 0. The van der Waals surface area contributed by atoms with E-state index in [1.54, 1.807) is 0 Å². The van der Waals surface area contributed by atoms with E-state index >= 15 is 0 Å². The van der Waals surface area contributed by atoms with Crippen LogP contribution in [0.25, 0.3) is 0 Å². The summed E-state index contributed by atoms with van der Waals surface area (Å²) in [6.45, 7) is 1.10. The normalized spacial score (nSPS) is 10.4. The third-order valence-electron chi connectivity index (χ3n) is 2.41. The van der Waals surface area contributed by atoms with Crippen LogP contribution in [-0.2, 0) is 9.59 Å². The highest BCUT2D eigenvalue weighted by Crippen LogP contribution is 2.13. The van der Waals surface area contributed by atoms with Crippen LogP contribution >= 0.6 is 0 Å². The quantitative estimate of drug-likeness (QED) is 0.766. The Morgan fingerprint density at radius 1 is 1.15 bits per heavy atom. The van der Waals surface area contributed by atoms with Gasteiger partial charge in [-0.25, -0.2) is 8.78 Å². The van der Waals surface area contributed by atoms with Gasteiger partial charge < -0.3 is 15.5 Å². The first-order valence-corrected chi connectivity index (χ1v) is 6.05. The highest BCUT2D eigenvalue weighted by Gasteiger charge is 2.10. The number of nitrogens with one attached hydrogen (secondary N) is 2. The molecule has 1 aromatic carbocycles. The molecule has 2 N–H and O–H groups in total. The van der Waals surface area contributed by atoms with E-state index in [9.17, 15) is 18.4 Å². The number of nitrogens with zero attached hydrogens (tertiary/aromatic N) is 1. The van der Waals surface area contributed by atoms with Gasteiger partial charge in [-0.15, -0.1) is 0 Å². The van der Waals surface area contributed by atoms with Crippen molar-refractivity contribution in [1.29, 1.82) is 0 Å². The largest absolute Gasteiger partial charge is 0.354 e. The van der Waals surface area contributed by atoms with Gasteiger partial charge in [-0.1, -0.05) is 0 Å². The number of hydrogen-bond donors (Lipinski definition) is 2. The molecular formula is C13H17F2N3O2. The topological polar surface area (TPSA) is 61.4 Å². The van der Waals surface area contributed by atoms with Crippen LogP contribution in [0.3, 0.4) is 0 Å². The van der Waals surface area contributed by atoms with Crippen LogP contribution in [0.5, 0.6) is 0 Å². The molecule has 5 nitrogen and oxygen atoms in total. The first-order valence-electron chi connectivity index (χ1n) is 6.05. The van der Waals surface area contributed by atoms with Gasteiger partial charge in [0.1, 0.15) is 6.42 Å². The number of halogens is 2. The molecule has 0 heterocycles. The SMILES string of the molecule is CN(C)CCNC(=O)CC(=O)Nc1ccc(F)c(F)c1. The summed E-state index contributed by atoms with van der Waals surface area (Å²) in [7, 11) is 3.73. The van der Waals surface area contributed by atoms with Gasteiger partial charge in [0.05, 0.1) is 0 Å². The molecule has 0 saturated heterocycles. The maximum atomic E-state index is 12.9. The molecule has 0 aliphatic rings. The van der Waals surface area contributed by atoms with E-state index in [-0.39, 0.29) is 12.1 Å². The van der Waals surface area contributed by atoms with Crippen molar-refractivity contribution in [3.05, 3.63) is 29.8 Å². The van der Waals surface area contributed by atoms with Gasteiger partial charge in [-0.3, -0.25) is 9.59 Å². The second-order valence-corrected chi connectivity index (χ2v) is 4.51. The molecule has 0 unspecified atom stereocenters.